The fraction of sp³-hybridized carbons (Fsp3) is 0.556. The molecule has 0 aromatic carbocycles. The van der Waals surface area contributed by atoms with Crippen LogP contribution in [0.3, 0.4) is 0 Å². The number of H-pyrrole nitrogens is 1. The minimum Gasteiger partial charge on any atom is -0.370 e. The van der Waals surface area contributed by atoms with E-state index in [2.05, 4.69) is 15.5 Å². The highest BCUT2D eigenvalue weighted by atomic mass is 16.5. The predicted molar refractivity (Wildman–Crippen MR) is 56.5 cm³/mol. The van der Waals surface area contributed by atoms with E-state index in [4.69, 9.17) is 10.5 Å². The second-order valence-electron chi connectivity index (χ2n) is 3.26. The molecular weight excluding hydrogens is 196 g/mol. The lowest BCUT2D eigenvalue weighted by atomic mass is 10.2. The van der Waals surface area contributed by atoms with Gasteiger partial charge in [-0.3, -0.25) is 9.89 Å². The number of nitrogens with two attached hydrogens (primary N) is 1. The number of hydrogen-bond donors (Lipinski definition) is 3. The molecule has 15 heavy (non-hydrogen) atoms. The first-order chi connectivity index (χ1) is 7.10. The maximum atomic E-state index is 11.6. The van der Waals surface area contributed by atoms with Gasteiger partial charge in [-0.2, -0.15) is 5.10 Å². The summed E-state index contributed by atoms with van der Waals surface area (Å²) in [4.78, 5) is 11.6. The molecular formula is C9H16N4O2. The summed E-state index contributed by atoms with van der Waals surface area (Å²) < 4.78 is 4.92. The topological polar surface area (TPSA) is 93.0 Å². The minimum atomic E-state index is -0.626. The summed E-state index contributed by atoms with van der Waals surface area (Å²) in [6, 6.07) is 0. The van der Waals surface area contributed by atoms with Gasteiger partial charge in [-0.15, -0.1) is 0 Å². The zero-order chi connectivity index (χ0) is 11.4. The minimum absolute atomic E-state index is 0.151. The summed E-state index contributed by atoms with van der Waals surface area (Å²) in [5.74, 6) is -0.257. The molecule has 1 unspecified atom stereocenters. The first kappa shape index (κ1) is 11.7. The van der Waals surface area contributed by atoms with Crippen molar-refractivity contribution >= 4 is 11.6 Å². The van der Waals surface area contributed by atoms with E-state index < -0.39 is 6.10 Å². The molecule has 6 heteroatoms. The van der Waals surface area contributed by atoms with Crippen LogP contribution in [0.25, 0.3) is 0 Å². The molecule has 0 aliphatic heterocycles. The normalized spacial score (nSPS) is 12.5. The summed E-state index contributed by atoms with van der Waals surface area (Å²) in [6.45, 7) is 3.79. The van der Waals surface area contributed by atoms with E-state index >= 15 is 0 Å². The summed E-state index contributed by atoms with van der Waals surface area (Å²) in [7, 11) is 1.45. The van der Waals surface area contributed by atoms with Crippen LogP contribution >= 0.6 is 0 Å². The Hall–Kier alpha value is -1.40. The molecule has 1 amide bonds. The number of nitrogens with zero attached hydrogens (tertiary/aromatic N) is 1. The number of aromatic amines is 1. The largest absolute Gasteiger partial charge is 0.370 e. The highest BCUT2D eigenvalue weighted by Crippen LogP contribution is 2.16. The number of methoxy groups -OCH3 is 1. The maximum absolute atomic E-state index is 11.6. The van der Waals surface area contributed by atoms with Crippen molar-refractivity contribution in [3.05, 3.63) is 11.4 Å². The molecule has 0 bridgehead atoms. The fourth-order valence-corrected chi connectivity index (χ4v) is 1.25. The third kappa shape index (κ3) is 2.54. The Kier molecular flexibility index (Phi) is 3.81. The van der Waals surface area contributed by atoms with Crippen molar-refractivity contribution in [1.82, 2.24) is 10.2 Å². The maximum Gasteiger partial charge on any atom is 0.254 e. The third-order valence-corrected chi connectivity index (χ3v) is 2.17. The van der Waals surface area contributed by atoms with E-state index in [1.165, 1.54) is 7.11 Å². The lowest BCUT2D eigenvalue weighted by molar-refractivity contribution is -0.125. The van der Waals surface area contributed by atoms with Crippen LogP contribution < -0.4 is 11.1 Å². The van der Waals surface area contributed by atoms with Gasteiger partial charge in [0.2, 0.25) is 0 Å². The Labute approximate surface area is 88.2 Å². The summed E-state index contributed by atoms with van der Waals surface area (Å²) >= 11 is 0. The molecule has 0 radical (unpaired) electrons. The molecule has 1 aromatic rings. The van der Waals surface area contributed by atoms with E-state index in [1.807, 2.05) is 13.8 Å². The van der Waals surface area contributed by atoms with Crippen LogP contribution in [0, 0.1) is 13.8 Å². The molecule has 6 nitrogen and oxygen atoms in total. The van der Waals surface area contributed by atoms with Crippen molar-refractivity contribution in [3.63, 3.8) is 0 Å². The summed E-state index contributed by atoms with van der Waals surface area (Å²) in [5.41, 5.74) is 7.63. The predicted octanol–water partition coefficient (Wildman–Crippen LogP) is -0.0613. The highest BCUT2D eigenvalue weighted by Gasteiger charge is 2.18. The van der Waals surface area contributed by atoms with E-state index in [9.17, 15) is 4.79 Å². The molecule has 4 N–H and O–H groups in total. The van der Waals surface area contributed by atoms with Gasteiger partial charge >= 0.3 is 0 Å². The SMILES string of the molecule is COC(CN)C(=O)Nc1c(C)n[nH]c1C. The Morgan fingerprint density at radius 3 is 2.73 bits per heavy atom. The van der Waals surface area contributed by atoms with Crippen molar-refractivity contribution in [2.75, 3.05) is 19.0 Å². The van der Waals surface area contributed by atoms with E-state index in [1.54, 1.807) is 0 Å². The number of hydrogen-bond acceptors (Lipinski definition) is 4. The molecule has 0 aliphatic rings. The Bertz CT molecular complexity index is 324. The molecule has 1 rings (SSSR count). The van der Waals surface area contributed by atoms with Crippen LogP contribution in [0.5, 0.6) is 0 Å². The number of carbonyl (C=O) groups excluding carboxylic acids is 1. The number of nitrogens with one attached hydrogen (secondary N) is 2. The van der Waals surface area contributed by atoms with Gasteiger partial charge in [-0.05, 0) is 13.8 Å². The molecule has 0 aliphatic carbocycles. The number of rotatable bonds is 4. The lowest BCUT2D eigenvalue weighted by Gasteiger charge is -2.12. The zero-order valence-electron chi connectivity index (χ0n) is 9.13. The van der Waals surface area contributed by atoms with Gasteiger partial charge in [0.05, 0.1) is 17.1 Å². The van der Waals surface area contributed by atoms with Crippen LogP contribution in [-0.2, 0) is 9.53 Å². The molecule has 1 aromatic heterocycles. The van der Waals surface area contributed by atoms with Gasteiger partial charge in [-0.25, -0.2) is 0 Å². The van der Waals surface area contributed by atoms with Crippen molar-refractivity contribution in [2.45, 2.75) is 20.0 Å². The van der Waals surface area contributed by atoms with Crippen molar-refractivity contribution in [3.8, 4) is 0 Å². The molecule has 0 saturated heterocycles. The van der Waals surface area contributed by atoms with E-state index in [0.717, 1.165) is 11.4 Å². The van der Waals surface area contributed by atoms with Crippen LogP contribution in [0.15, 0.2) is 0 Å². The van der Waals surface area contributed by atoms with Gasteiger partial charge in [0.1, 0.15) is 6.10 Å². The second kappa shape index (κ2) is 4.90. The van der Waals surface area contributed by atoms with Crippen LogP contribution in [-0.4, -0.2) is 35.9 Å². The Morgan fingerprint density at radius 2 is 2.33 bits per heavy atom. The number of aryl methyl sites for hydroxylation is 2. The Morgan fingerprint density at radius 1 is 1.67 bits per heavy atom. The van der Waals surface area contributed by atoms with Crippen molar-refractivity contribution in [1.29, 1.82) is 0 Å². The van der Waals surface area contributed by atoms with Gasteiger partial charge in [0.15, 0.2) is 0 Å². The van der Waals surface area contributed by atoms with Gasteiger partial charge < -0.3 is 15.8 Å². The van der Waals surface area contributed by atoms with Crippen molar-refractivity contribution < 1.29 is 9.53 Å². The highest BCUT2D eigenvalue weighted by molar-refractivity contribution is 5.95. The van der Waals surface area contributed by atoms with Crippen LogP contribution in [0.2, 0.25) is 0 Å². The summed E-state index contributed by atoms with van der Waals surface area (Å²) in [5, 5.41) is 9.47. The van der Waals surface area contributed by atoms with Crippen LogP contribution in [0.4, 0.5) is 5.69 Å². The molecule has 0 saturated carbocycles. The number of carbonyl (C=O) groups is 1. The summed E-state index contributed by atoms with van der Waals surface area (Å²) in [6.07, 6.45) is -0.626. The molecule has 84 valence electrons. The number of anilines is 1. The van der Waals surface area contributed by atoms with Gasteiger partial charge in [-0.1, -0.05) is 0 Å². The number of amides is 1. The molecule has 1 atom stereocenters. The first-order valence-corrected chi connectivity index (χ1v) is 4.65. The standard InChI is InChI=1S/C9H16N4O2/c1-5-8(6(2)13-12-5)11-9(14)7(4-10)15-3/h7H,4,10H2,1-3H3,(H,11,14)(H,12,13). The number of aromatic nitrogens is 2. The molecule has 0 spiro atoms. The van der Waals surface area contributed by atoms with Crippen LogP contribution in [0.1, 0.15) is 11.4 Å². The molecule has 0 fully saturated rings. The number of ether oxygens (including phenoxy) is 1. The first-order valence-electron chi connectivity index (χ1n) is 4.65. The quantitative estimate of drug-likeness (QED) is 0.651. The molecule has 1 heterocycles. The second-order valence-corrected chi connectivity index (χ2v) is 3.26. The average molecular weight is 212 g/mol. The van der Waals surface area contributed by atoms with Gasteiger partial charge in [0.25, 0.3) is 5.91 Å². The van der Waals surface area contributed by atoms with E-state index in [-0.39, 0.29) is 12.5 Å². The van der Waals surface area contributed by atoms with E-state index in [0.29, 0.717) is 5.69 Å². The monoisotopic (exact) mass is 212 g/mol. The fourth-order valence-electron chi connectivity index (χ4n) is 1.25. The Balaban J connectivity index is 2.74. The van der Waals surface area contributed by atoms with Gasteiger partial charge in [0, 0.05) is 13.7 Å². The third-order valence-electron chi connectivity index (χ3n) is 2.17. The van der Waals surface area contributed by atoms with Crippen molar-refractivity contribution in [2.24, 2.45) is 5.73 Å². The zero-order valence-corrected chi connectivity index (χ0v) is 9.13. The smallest absolute Gasteiger partial charge is 0.254 e. The average Bonchev–Trinajstić information content (AvgIpc) is 2.51. The lowest BCUT2D eigenvalue weighted by Crippen LogP contribution is -2.36.